The van der Waals surface area contributed by atoms with Gasteiger partial charge in [0.2, 0.25) is 5.91 Å². The molecule has 3 aromatic carbocycles. The van der Waals surface area contributed by atoms with Crippen LogP contribution < -0.4 is 19.3 Å². The van der Waals surface area contributed by atoms with Crippen LogP contribution in [0, 0.1) is 6.92 Å². The number of para-hydroxylation sites is 1. The Labute approximate surface area is 192 Å². The van der Waals surface area contributed by atoms with E-state index in [2.05, 4.69) is 5.32 Å². The molecule has 0 bridgehead atoms. The first-order chi connectivity index (χ1) is 15.8. The molecule has 33 heavy (non-hydrogen) atoms. The lowest BCUT2D eigenvalue weighted by atomic mass is 10.1. The van der Waals surface area contributed by atoms with Crippen LogP contribution >= 0.6 is 0 Å². The van der Waals surface area contributed by atoms with E-state index in [-0.39, 0.29) is 22.8 Å². The second-order valence-electron chi connectivity index (χ2n) is 7.57. The van der Waals surface area contributed by atoms with Crippen LogP contribution in [0.25, 0.3) is 0 Å². The van der Waals surface area contributed by atoms with Gasteiger partial charge in [-0.15, -0.1) is 0 Å². The highest BCUT2D eigenvalue weighted by Gasteiger charge is 2.43. The summed E-state index contributed by atoms with van der Waals surface area (Å²) in [4.78, 5) is 27.2. The summed E-state index contributed by atoms with van der Waals surface area (Å²) in [6.45, 7) is 1.93. The second kappa shape index (κ2) is 8.95. The van der Waals surface area contributed by atoms with Gasteiger partial charge in [-0.1, -0.05) is 48.0 Å². The van der Waals surface area contributed by atoms with Crippen molar-refractivity contribution in [1.29, 1.82) is 0 Å². The van der Waals surface area contributed by atoms with E-state index in [1.165, 1.54) is 36.3 Å². The van der Waals surface area contributed by atoms with E-state index >= 15 is 0 Å². The van der Waals surface area contributed by atoms with E-state index in [0.29, 0.717) is 16.6 Å². The third-order valence-electron chi connectivity index (χ3n) is 5.28. The first-order valence-corrected chi connectivity index (χ1v) is 11.7. The van der Waals surface area contributed by atoms with Gasteiger partial charge in [-0.2, -0.15) is 4.31 Å². The maximum absolute atomic E-state index is 13.4. The van der Waals surface area contributed by atoms with Crippen molar-refractivity contribution in [2.45, 2.75) is 18.4 Å². The van der Waals surface area contributed by atoms with Gasteiger partial charge in [0.15, 0.2) is 0 Å². The molecule has 0 atom stereocenters. The number of carbonyl (C=O) groups excluding carboxylic acids is 2. The third-order valence-corrected chi connectivity index (χ3v) is 7.03. The highest BCUT2D eigenvalue weighted by Crippen LogP contribution is 2.37. The lowest BCUT2D eigenvalue weighted by Crippen LogP contribution is -2.53. The molecule has 0 saturated heterocycles. The zero-order valence-corrected chi connectivity index (χ0v) is 19.0. The average molecular weight is 466 g/mol. The van der Waals surface area contributed by atoms with Crippen LogP contribution in [0.2, 0.25) is 0 Å². The van der Waals surface area contributed by atoms with E-state index in [1.54, 1.807) is 24.3 Å². The molecule has 0 aromatic heterocycles. The summed E-state index contributed by atoms with van der Waals surface area (Å²) in [6, 6.07) is 19.2. The van der Waals surface area contributed by atoms with Crippen LogP contribution in [0.4, 0.5) is 16.2 Å². The Morgan fingerprint density at radius 2 is 1.73 bits per heavy atom. The molecule has 9 heteroatoms. The normalized spacial score (nSPS) is 14.5. The number of anilines is 2. The van der Waals surface area contributed by atoms with Gasteiger partial charge < -0.3 is 10.1 Å². The summed E-state index contributed by atoms with van der Waals surface area (Å²) in [6.07, 6.45) is 0. The molecule has 0 unspecified atom stereocenters. The Hall–Kier alpha value is -3.85. The van der Waals surface area contributed by atoms with Gasteiger partial charge in [-0.3, -0.25) is 9.69 Å². The summed E-state index contributed by atoms with van der Waals surface area (Å²) in [5.74, 6) is -0.0135. The number of urea groups is 1. The number of hydrogen-bond donors (Lipinski definition) is 1. The molecular formula is C24H23N3O5S. The van der Waals surface area contributed by atoms with Crippen molar-refractivity contribution in [3.63, 3.8) is 0 Å². The van der Waals surface area contributed by atoms with Crippen molar-refractivity contribution >= 4 is 33.3 Å². The van der Waals surface area contributed by atoms with E-state index in [0.717, 1.165) is 11.1 Å². The summed E-state index contributed by atoms with van der Waals surface area (Å²) >= 11 is 0. The fraction of sp³-hybridized carbons (Fsp3) is 0.167. The number of methoxy groups -OCH3 is 1. The molecule has 1 heterocycles. The minimum atomic E-state index is -4.18. The molecule has 0 aliphatic carbocycles. The predicted molar refractivity (Wildman–Crippen MR) is 125 cm³/mol. The Bertz CT molecular complexity index is 1310. The van der Waals surface area contributed by atoms with Crippen molar-refractivity contribution in [1.82, 2.24) is 5.32 Å². The number of carbonyl (C=O) groups is 2. The average Bonchev–Trinajstić information content (AvgIpc) is 2.81. The van der Waals surface area contributed by atoms with Crippen LogP contribution in [0.15, 0.2) is 77.7 Å². The molecular weight excluding hydrogens is 442 g/mol. The Morgan fingerprint density at radius 1 is 1.00 bits per heavy atom. The number of benzene rings is 3. The molecule has 0 fully saturated rings. The maximum atomic E-state index is 13.4. The maximum Gasteiger partial charge on any atom is 0.343 e. The number of amides is 3. The minimum absolute atomic E-state index is 0.0567. The fourth-order valence-electron chi connectivity index (χ4n) is 3.56. The molecule has 1 aliphatic rings. The van der Waals surface area contributed by atoms with E-state index in [9.17, 15) is 18.0 Å². The third kappa shape index (κ3) is 4.40. The van der Waals surface area contributed by atoms with Crippen molar-refractivity contribution < 1.29 is 22.7 Å². The zero-order chi connectivity index (χ0) is 23.6. The Balaban J connectivity index is 1.64. The topological polar surface area (TPSA) is 96.0 Å². The largest absolute Gasteiger partial charge is 0.497 e. The standard InChI is InChI=1S/C24H23N3O5S/c1-17-10-12-18(13-11-17)15-25-23(28)16-26-21-8-3-4-9-22(21)33(30,31)27(24(26)29)19-6-5-7-20(14-19)32-2/h3-14H,15-16H2,1-2H3,(H,25,28). The highest BCUT2D eigenvalue weighted by molar-refractivity contribution is 7.94. The van der Waals surface area contributed by atoms with Gasteiger partial charge in [-0.25, -0.2) is 13.2 Å². The monoisotopic (exact) mass is 465 g/mol. The van der Waals surface area contributed by atoms with E-state index in [1.807, 2.05) is 31.2 Å². The number of rotatable bonds is 6. The highest BCUT2D eigenvalue weighted by atomic mass is 32.2. The molecule has 1 aliphatic heterocycles. The number of aryl methyl sites for hydroxylation is 1. The van der Waals surface area contributed by atoms with Gasteiger partial charge in [-0.05, 0) is 36.8 Å². The van der Waals surface area contributed by atoms with Crippen molar-refractivity contribution in [3.05, 3.63) is 83.9 Å². The molecule has 8 nitrogen and oxygen atoms in total. The van der Waals surface area contributed by atoms with Gasteiger partial charge >= 0.3 is 6.03 Å². The minimum Gasteiger partial charge on any atom is -0.497 e. The summed E-state index contributed by atoms with van der Waals surface area (Å²) in [7, 11) is -2.73. The molecule has 0 radical (unpaired) electrons. The van der Waals surface area contributed by atoms with Gasteiger partial charge in [0.1, 0.15) is 17.2 Å². The predicted octanol–water partition coefficient (Wildman–Crippen LogP) is 3.46. The van der Waals surface area contributed by atoms with Gasteiger partial charge in [0.05, 0.1) is 18.5 Å². The molecule has 0 saturated carbocycles. The Morgan fingerprint density at radius 3 is 2.45 bits per heavy atom. The second-order valence-corrected chi connectivity index (χ2v) is 9.32. The quantitative estimate of drug-likeness (QED) is 0.602. The summed E-state index contributed by atoms with van der Waals surface area (Å²) in [5.41, 5.74) is 2.31. The van der Waals surface area contributed by atoms with Crippen molar-refractivity contribution in [2.24, 2.45) is 0 Å². The number of fused-ring (bicyclic) bond motifs is 1. The van der Waals surface area contributed by atoms with Crippen LogP contribution in [-0.2, 0) is 21.4 Å². The van der Waals surface area contributed by atoms with Crippen LogP contribution in [0.1, 0.15) is 11.1 Å². The summed E-state index contributed by atoms with van der Waals surface area (Å²) in [5, 5.41) is 2.79. The number of nitrogens with zero attached hydrogens (tertiary/aromatic N) is 2. The number of nitrogens with one attached hydrogen (secondary N) is 1. The van der Waals surface area contributed by atoms with Crippen LogP contribution in [0.3, 0.4) is 0 Å². The smallest absolute Gasteiger partial charge is 0.343 e. The first kappa shape index (κ1) is 22.3. The molecule has 4 rings (SSSR count). The van der Waals surface area contributed by atoms with Gasteiger partial charge in [0, 0.05) is 12.6 Å². The molecule has 3 aromatic rings. The summed E-state index contributed by atoms with van der Waals surface area (Å²) < 4.78 is 32.5. The molecule has 1 N–H and O–H groups in total. The van der Waals surface area contributed by atoms with E-state index in [4.69, 9.17) is 4.74 Å². The number of ether oxygens (including phenoxy) is 1. The number of sulfonamides is 1. The first-order valence-electron chi connectivity index (χ1n) is 10.2. The van der Waals surface area contributed by atoms with Gasteiger partial charge in [0.25, 0.3) is 10.0 Å². The Kier molecular flexibility index (Phi) is 6.06. The fourth-order valence-corrected chi connectivity index (χ4v) is 5.14. The lowest BCUT2D eigenvalue weighted by Gasteiger charge is -2.35. The van der Waals surface area contributed by atoms with Crippen LogP contribution in [0.5, 0.6) is 5.75 Å². The van der Waals surface area contributed by atoms with Crippen molar-refractivity contribution in [2.75, 3.05) is 22.9 Å². The van der Waals surface area contributed by atoms with E-state index < -0.39 is 22.0 Å². The molecule has 170 valence electrons. The lowest BCUT2D eigenvalue weighted by molar-refractivity contribution is -0.119. The SMILES string of the molecule is COc1cccc(N2C(=O)N(CC(=O)NCc3ccc(C)cc3)c3ccccc3S2(=O)=O)c1. The molecule has 0 spiro atoms. The molecule has 3 amide bonds. The van der Waals surface area contributed by atoms with Crippen LogP contribution in [-0.4, -0.2) is 34.0 Å². The van der Waals surface area contributed by atoms with Crippen molar-refractivity contribution in [3.8, 4) is 5.75 Å². The zero-order valence-electron chi connectivity index (χ0n) is 18.2. The number of hydrogen-bond acceptors (Lipinski definition) is 5.